The first-order valence-electron chi connectivity index (χ1n) is 13.0. The van der Waals surface area contributed by atoms with Crippen LogP contribution in [0.5, 0.6) is 0 Å². The summed E-state index contributed by atoms with van der Waals surface area (Å²) in [5.41, 5.74) is 6.32. The molecule has 0 radical (unpaired) electrons. The first-order valence-corrected chi connectivity index (χ1v) is 13.0. The number of allylic oxidation sites excluding steroid dienone is 8. The van der Waals surface area contributed by atoms with Gasteiger partial charge in [0, 0.05) is 0 Å². The second kappa shape index (κ2) is 12.4. The predicted molar refractivity (Wildman–Crippen MR) is 139 cm³/mol. The minimum atomic E-state index is 0.130. The second-order valence-corrected chi connectivity index (χ2v) is 11.4. The molecule has 0 N–H and O–H groups in total. The van der Waals surface area contributed by atoms with E-state index in [1.807, 2.05) is 0 Å². The van der Waals surface area contributed by atoms with E-state index in [-0.39, 0.29) is 11.2 Å². The van der Waals surface area contributed by atoms with Crippen molar-refractivity contribution in [1.29, 1.82) is 0 Å². The topological polar surface area (TPSA) is 25.1 Å². The molecule has 0 aliphatic carbocycles. The molecule has 0 amide bonds. The molecule has 2 atom stereocenters. The van der Waals surface area contributed by atoms with Crippen molar-refractivity contribution in [3.63, 3.8) is 0 Å². The van der Waals surface area contributed by atoms with Crippen molar-refractivity contribution in [3.8, 4) is 0 Å². The molecule has 182 valence electrons. The lowest BCUT2D eigenvalue weighted by Crippen LogP contribution is -2.02. The van der Waals surface area contributed by atoms with Gasteiger partial charge in [-0.05, 0) is 120 Å². The van der Waals surface area contributed by atoms with Crippen LogP contribution in [0, 0.1) is 0 Å². The molecule has 2 heteroatoms. The first-order chi connectivity index (χ1) is 15.0. The molecule has 2 rings (SSSR count). The normalized spacial score (nSPS) is 25.2. The molecule has 2 saturated heterocycles. The van der Waals surface area contributed by atoms with Crippen molar-refractivity contribution in [3.05, 3.63) is 46.6 Å². The fourth-order valence-corrected chi connectivity index (χ4v) is 4.36. The Morgan fingerprint density at radius 2 is 0.812 bits per heavy atom. The van der Waals surface area contributed by atoms with Gasteiger partial charge in [-0.15, -0.1) is 0 Å². The molecule has 0 aromatic heterocycles. The summed E-state index contributed by atoms with van der Waals surface area (Å²) < 4.78 is 11.4. The van der Waals surface area contributed by atoms with E-state index in [2.05, 4.69) is 79.7 Å². The summed E-state index contributed by atoms with van der Waals surface area (Å²) in [6.07, 6.45) is 22.3. The summed E-state index contributed by atoms with van der Waals surface area (Å²) in [5.74, 6) is 0. The van der Waals surface area contributed by atoms with Crippen molar-refractivity contribution < 1.29 is 9.47 Å². The maximum absolute atomic E-state index is 5.68. The molecular formula is C30H50O2. The third-order valence-corrected chi connectivity index (χ3v) is 7.15. The Kier molecular flexibility index (Phi) is 10.5. The van der Waals surface area contributed by atoms with E-state index in [9.17, 15) is 0 Å². The fourth-order valence-electron chi connectivity index (χ4n) is 4.36. The molecule has 0 unspecified atom stereocenters. The Hall–Kier alpha value is -1.12. The number of epoxide rings is 2. The van der Waals surface area contributed by atoms with Crippen molar-refractivity contribution >= 4 is 0 Å². The number of hydrogen-bond donors (Lipinski definition) is 0. The van der Waals surface area contributed by atoms with Crippen molar-refractivity contribution in [2.24, 2.45) is 0 Å². The first kappa shape index (κ1) is 27.1. The van der Waals surface area contributed by atoms with Crippen molar-refractivity contribution in [1.82, 2.24) is 0 Å². The van der Waals surface area contributed by atoms with Gasteiger partial charge in [-0.1, -0.05) is 46.6 Å². The van der Waals surface area contributed by atoms with Crippen LogP contribution < -0.4 is 0 Å². The monoisotopic (exact) mass is 442 g/mol. The highest BCUT2D eigenvalue weighted by Gasteiger charge is 2.47. The summed E-state index contributed by atoms with van der Waals surface area (Å²) in [6, 6.07) is 0. The molecule has 2 fully saturated rings. The maximum atomic E-state index is 5.68. The molecule has 0 aromatic rings. The molecule has 2 aliphatic heterocycles. The van der Waals surface area contributed by atoms with Gasteiger partial charge in [-0.2, -0.15) is 0 Å². The molecule has 2 nitrogen and oxygen atoms in total. The average molecular weight is 443 g/mol. The lowest BCUT2D eigenvalue weighted by atomic mass is 10.0. The third-order valence-electron chi connectivity index (χ3n) is 7.15. The van der Waals surface area contributed by atoms with Crippen LogP contribution in [-0.2, 0) is 9.47 Å². The molecule has 0 spiro atoms. The van der Waals surface area contributed by atoms with E-state index in [1.54, 1.807) is 0 Å². The maximum Gasteiger partial charge on any atom is 0.0892 e. The molecule has 0 aromatic carbocycles. The Balaban J connectivity index is 1.52. The molecule has 0 saturated carbocycles. The summed E-state index contributed by atoms with van der Waals surface area (Å²) >= 11 is 0. The molecule has 0 bridgehead atoms. The average Bonchev–Trinajstić information content (AvgIpc) is 3.54. The highest BCUT2D eigenvalue weighted by Crippen LogP contribution is 2.39. The molecule has 2 heterocycles. The smallest absolute Gasteiger partial charge is 0.0892 e. The lowest BCUT2D eigenvalue weighted by Gasteiger charge is -2.03. The third kappa shape index (κ3) is 10.7. The van der Waals surface area contributed by atoms with Gasteiger partial charge in [-0.3, -0.25) is 0 Å². The standard InChI is InChI=1S/C30H50O2/c1-23(15-11-17-25(3)19-21-27-29(5,6)31-27)13-9-10-14-24(2)16-12-18-26(4)20-22-28-30(7,8)32-28/h13-14,17-18,27-28H,9-12,15-16,19-22H2,1-8H3/b23-13+,24-14+,25-17+,26-18+/t27-,28-/m1/s1. The minimum absolute atomic E-state index is 0.130. The Labute approximate surface area is 199 Å². The van der Waals surface area contributed by atoms with Crippen LogP contribution in [0.25, 0.3) is 0 Å². The number of unbranched alkanes of at least 4 members (excludes halogenated alkanes) is 1. The fraction of sp³-hybridized carbons (Fsp3) is 0.733. The summed E-state index contributed by atoms with van der Waals surface area (Å²) in [7, 11) is 0. The van der Waals surface area contributed by atoms with Crippen LogP contribution in [0.1, 0.15) is 120 Å². The molecule has 2 aliphatic rings. The Morgan fingerprint density at radius 1 is 0.531 bits per heavy atom. The Morgan fingerprint density at radius 3 is 1.12 bits per heavy atom. The quantitative estimate of drug-likeness (QED) is 0.143. The van der Waals surface area contributed by atoms with Crippen molar-refractivity contribution in [2.45, 2.75) is 143 Å². The zero-order valence-electron chi connectivity index (χ0n) is 22.4. The molecule has 32 heavy (non-hydrogen) atoms. The van der Waals surface area contributed by atoms with Gasteiger partial charge in [0.25, 0.3) is 0 Å². The number of ether oxygens (including phenoxy) is 2. The summed E-state index contributed by atoms with van der Waals surface area (Å²) in [6.45, 7) is 17.8. The van der Waals surface area contributed by atoms with E-state index in [0.29, 0.717) is 12.2 Å². The van der Waals surface area contributed by atoms with Crippen LogP contribution >= 0.6 is 0 Å². The summed E-state index contributed by atoms with van der Waals surface area (Å²) in [4.78, 5) is 0. The van der Waals surface area contributed by atoms with E-state index in [4.69, 9.17) is 9.47 Å². The van der Waals surface area contributed by atoms with E-state index in [1.165, 1.54) is 60.8 Å². The minimum Gasteiger partial charge on any atom is -0.367 e. The number of rotatable bonds is 15. The van der Waals surface area contributed by atoms with E-state index in [0.717, 1.165) is 25.7 Å². The van der Waals surface area contributed by atoms with E-state index < -0.39 is 0 Å². The van der Waals surface area contributed by atoms with Gasteiger partial charge < -0.3 is 9.47 Å². The van der Waals surface area contributed by atoms with Gasteiger partial charge in [0.15, 0.2) is 0 Å². The van der Waals surface area contributed by atoms with Crippen LogP contribution in [-0.4, -0.2) is 23.4 Å². The van der Waals surface area contributed by atoms with Crippen LogP contribution in [0.3, 0.4) is 0 Å². The van der Waals surface area contributed by atoms with Crippen LogP contribution in [0.4, 0.5) is 0 Å². The highest BCUT2D eigenvalue weighted by molar-refractivity contribution is 5.08. The van der Waals surface area contributed by atoms with Gasteiger partial charge in [0.05, 0.1) is 23.4 Å². The number of hydrogen-bond acceptors (Lipinski definition) is 2. The largest absolute Gasteiger partial charge is 0.367 e. The Bertz CT molecular complexity index is 655. The van der Waals surface area contributed by atoms with Gasteiger partial charge >= 0.3 is 0 Å². The SMILES string of the molecule is C/C(=C\CC/C=C(\C)CC/C=C(\C)CC[C@H]1OC1(C)C)CC/C=C(\C)CC[C@H]1OC1(C)C. The van der Waals surface area contributed by atoms with E-state index >= 15 is 0 Å². The van der Waals surface area contributed by atoms with Crippen LogP contribution in [0.15, 0.2) is 46.6 Å². The van der Waals surface area contributed by atoms with Gasteiger partial charge in [-0.25, -0.2) is 0 Å². The van der Waals surface area contributed by atoms with Crippen molar-refractivity contribution in [2.75, 3.05) is 0 Å². The second-order valence-electron chi connectivity index (χ2n) is 11.4. The van der Waals surface area contributed by atoms with Crippen LogP contribution in [0.2, 0.25) is 0 Å². The predicted octanol–water partition coefficient (Wildman–Crippen LogP) is 9.03. The zero-order valence-corrected chi connectivity index (χ0v) is 22.4. The summed E-state index contributed by atoms with van der Waals surface area (Å²) in [5, 5.41) is 0. The lowest BCUT2D eigenvalue weighted by molar-refractivity contribution is 0.319. The highest BCUT2D eigenvalue weighted by atomic mass is 16.6. The van der Waals surface area contributed by atoms with Gasteiger partial charge in [0.2, 0.25) is 0 Å². The zero-order chi connectivity index (χ0) is 23.8. The molecular weight excluding hydrogens is 392 g/mol. The van der Waals surface area contributed by atoms with Gasteiger partial charge in [0.1, 0.15) is 0 Å².